The molecule has 198 valence electrons. The summed E-state index contributed by atoms with van der Waals surface area (Å²) in [6.45, 7) is 2.12. The molecule has 0 radical (unpaired) electrons. The molecule has 5 rings (SSSR count). The second-order valence-corrected chi connectivity index (χ2v) is 10.7. The molecule has 0 aliphatic carbocycles. The van der Waals surface area contributed by atoms with Crippen LogP contribution >= 0.6 is 0 Å². The first-order valence-corrected chi connectivity index (χ1v) is 13.9. The van der Waals surface area contributed by atoms with E-state index in [1.54, 1.807) is 0 Å². The van der Waals surface area contributed by atoms with E-state index in [1.165, 1.54) is 6.42 Å². The smallest absolute Gasteiger partial charge is 0.264 e. The van der Waals surface area contributed by atoms with Gasteiger partial charge in [0.05, 0.1) is 6.10 Å². The highest BCUT2D eigenvalue weighted by Gasteiger charge is 2.43. The summed E-state index contributed by atoms with van der Waals surface area (Å²) in [5, 5.41) is 13.7. The van der Waals surface area contributed by atoms with E-state index in [0.717, 1.165) is 56.3 Å². The van der Waals surface area contributed by atoms with E-state index in [2.05, 4.69) is 5.32 Å². The predicted octanol–water partition coefficient (Wildman–Crippen LogP) is 4.28. The standard InChI is InChI=1S/C30H39N3O4/c34-26-18-24-12-13-25(19-26)33(24)30(36)22-11-14-28-23(17-22)20-31-15-7-2-1-3-8-16-32(28)29(35)21-37-27-9-5-4-6-10-27/h4-6,9-11,14,17,24-26,31,34H,1-3,7-8,12-13,15-16,18-21H2. The fraction of sp³-hybridized carbons (Fsp3) is 0.533. The minimum absolute atomic E-state index is 0.0307. The fourth-order valence-corrected chi connectivity index (χ4v) is 6.14. The first-order valence-electron chi connectivity index (χ1n) is 13.9. The third kappa shape index (κ3) is 6.16. The predicted molar refractivity (Wildman–Crippen MR) is 144 cm³/mol. The zero-order valence-electron chi connectivity index (χ0n) is 21.6. The zero-order chi connectivity index (χ0) is 25.6. The van der Waals surface area contributed by atoms with Gasteiger partial charge in [-0.2, -0.15) is 0 Å². The maximum Gasteiger partial charge on any atom is 0.264 e. The summed E-state index contributed by atoms with van der Waals surface area (Å²) >= 11 is 0. The van der Waals surface area contributed by atoms with Crippen molar-refractivity contribution in [1.29, 1.82) is 0 Å². The Morgan fingerprint density at radius 1 is 0.946 bits per heavy atom. The molecule has 0 aromatic heterocycles. The van der Waals surface area contributed by atoms with Crippen LogP contribution in [0.2, 0.25) is 0 Å². The minimum Gasteiger partial charge on any atom is -0.484 e. The van der Waals surface area contributed by atoms with Crippen molar-refractivity contribution in [3.8, 4) is 5.75 Å². The first-order chi connectivity index (χ1) is 18.1. The lowest BCUT2D eigenvalue weighted by atomic mass is 9.98. The number of rotatable bonds is 4. The molecular formula is C30H39N3O4. The Kier molecular flexibility index (Phi) is 8.41. The molecule has 2 unspecified atom stereocenters. The average molecular weight is 506 g/mol. The van der Waals surface area contributed by atoms with E-state index in [0.29, 0.717) is 37.2 Å². The molecule has 37 heavy (non-hydrogen) atoms. The van der Waals surface area contributed by atoms with Gasteiger partial charge in [0.1, 0.15) is 5.75 Å². The number of nitrogens with zero attached hydrogens (tertiary/aromatic N) is 2. The maximum atomic E-state index is 13.6. The third-order valence-corrected chi connectivity index (χ3v) is 8.02. The SMILES string of the molecule is O=C(COc1ccccc1)N1CCCCCCCNCc2cc(C(=O)N3C4CCC3CC(O)C4)ccc21. The lowest BCUT2D eigenvalue weighted by molar-refractivity contribution is -0.120. The van der Waals surface area contributed by atoms with Crippen LogP contribution < -0.4 is 15.0 Å². The molecule has 2 N–H and O–H groups in total. The number of ether oxygens (including phenoxy) is 1. The van der Waals surface area contributed by atoms with Gasteiger partial charge in [-0.05, 0) is 81.0 Å². The number of hydrogen-bond acceptors (Lipinski definition) is 5. The lowest BCUT2D eigenvalue weighted by Gasteiger charge is -2.37. The van der Waals surface area contributed by atoms with Crippen LogP contribution in [0.25, 0.3) is 0 Å². The van der Waals surface area contributed by atoms with Crippen molar-refractivity contribution in [2.24, 2.45) is 0 Å². The first kappa shape index (κ1) is 25.7. The number of benzene rings is 2. The van der Waals surface area contributed by atoms with E-state index in [1.807, 2.05) is 58.3 Å². The monoisotopic (exact) mass is 505 g/mol. The Bertz CT molecular complexity index is 1060. The molecule has 2 saturated heterocycles. The summed E-state index contributed by atoms with van der Waals surface area (Å²) in [6.07, 6.45) is 8.43. The molecule has 3 aliphatic heterocycles. The van der Waals surface area contributed by atoms with Crippen molar-refractivity contribution in [3.63, 3.8) is 0 Å². The maximum absolute atomic E-state index is 13.6. The molecule has 2 atom stereocenters. The lowest BCUT2D eigenvalue weighted by Crippen LogP contribution is -2.48. The Balaban J connectivity index is 1.39. The molecule has 2 amide bonds. The van der Waals surface area contributed by atoms with E-state index in [4.69, 9.17) is 4.74 Å². The molecule has 2 aromatic rings. The van der Waals surface area contributed by atoms with Crippen molar-refractivity contribution >= 4 is 17.5 Å². The van der Waals surface area contributed by atoms with E-state index in [9.17, 15) is 14.7 Å². The normalized spacial score (nSPS) is 24.5. The van der Waals surface area contributed by atoms with Gasteiger partial charge in [0.15, 0.2) is 6.61 Å². The van der Waals surface area contributed by atoms with Crippen LogP contribution in [0.15, 0.2) is 48.5 Å². The number of aliphatic hydroxyl groups is 1. The van der Waals surface area contributed by atoms with Crippen molar-refractivity contribution in [2.45, 2.75) is 82.5 Å². The summed E-state index contributed by atoms with van der Waals surface area (Å²) in [6, 6.07) is 15.4. The molecule has 2 bridgehead atoms. The van der Waals surface area contributed by atoms with Crippen LogP contribution in [0.5, 0.6) is 5.75 Å². The Morgan fingerprint density at radius 2 is 1.68 bits per heavy atom. The van der Waals surface area contributed by atoms with Crippen LogP contribution in [-0.2, 0) is 11.3 Å². The van der Waals surface area contributed by atoms with E-state index >= 15 is 0 Å². The van der Waals surface area contributed by atoms with Gasteiger partial charge in [-0.1, -0.05) is 37.5 Å². The molecule has 2 aromatic carbocycles. The van der Waals surface area contributed by atoms with Gasteiger partial charge in [0.2, 0.25) is 0 Å². The van der Waals surface area contributed by atoms with E-state index < -0.39 is 0 Å². The fourth-order valence-electron chi connectivity index (χ4n) is 6.14. The number of para-hydroxylation sites is 1. The zero-order valence-corrected chi connectivity index (χ0v) is 21.6. The molecule has 0 saturated carbocycles. The topological polar surface area (TPSA) is 82.1 Å². The Morgan fingerprint density at radius 3 is 2.46 bits per heavy atom. The second-order valence-electron chi connectivity index (χ2n) is 10.7. The summed E-state index contributed by atoms with van der Waals surface area (Å²) in [7, 11) is 0. The van der Waals surface area contributed by atoms with Crippen LogP contribution in [-0.4, -0.2) is 59.7 Å². The molecule has 7 nitrogen and oxygen atoms in total. The Hall–Kier alpha value is -2.90. The van der Waals surface area contributed by atoms with Crippen LogP contribution in [0.1, 0.15) is 73.7 Å². The second kappa shape index (κ2) is 12.1. The van der Waals surface area contributed by atoms with Gasteiger partial charge in [-0.25, -0.2) is 0 Å². The average Bonchev–Trinajstić information content (AvgIpc) is 3.18. The quantitative estimate of drug-likeness (QED) is 0.648. The summed E-state index contributed by atoms with van der Waals surface area (Å²) < 4.78 is 5.80. The van der Waals surface area contributed by atoms with Gasteiger partial charge in [-0.3, -0.25) is 9.59 Å². The van der Waals surface area contributed by atoms with Crippen molar-refractivity contribution in [1.82, 2.24) is 10.2 Å². The summed E-state index contributed by atoms with van der Waals surface area (Å²) in [4.78, 5) is 30.9. The van der Waals surface area contributed by atoms with Gasteiger partial charge < -0.3 is 25.0 Å². The molecule has 3 heterocycles. The number of fused-ring (bicyclic) bond motifs is 3. The highest BCUT2D eigenvalue weighted by atomic mass is 16.5. The number of carbonyl (C=O) groups excluding carboxylic acids is 2. The van der Waals surface area contributed by atoms with Gasteiger partial charge in [0.25, 0.3) is 11.8 Å². The molecule has 2 fully saturated rings. The molecular weight excluding hydrogens is 466 g/mol. The molecule has 3 aliphatic rings. The Labute approximate surface area is 219 Å². The number of hydrogen-bond donors (Lipinski definition) is 2. The number of aliphatic hydroxyl groups excluding tert-OH is 1. The van der Waals surface area contributed by atoms with Crippen LogP contribution in [0.4, 0.5) is 5.69 Å². The largest absolute Gasteiger partial charge is 0.484 e. The highest BCUT2D eigenvalue weighted by Crippen LogP contribution is 2.37. The molecule has 7 heteroatoms. The van der Waals surface area contributed by atoms with E-state index in [-0.39, 0.29) is 36.6 Å². The summed E-state index contributed by atoms with van der Waals surface area (Å²) in [5.41, 5.74) is 2.47. The molecule has 0 spiro atoms. The van der Waals surface area contributed by atoms with Gasteiger partial charge in [0, 0.05) is 36.4 Å². The van der Waals surface area contributed by atoms with Gasteiger partial charge >= 0.3 is 0 Å². The third-order valence-electron chi connectivity index (χ3n) is 8.02. The van der Waals surface area contributed by atoms with Gasteiger partial charge in [-0.15, -0.1) is 0 Å². The number of piperidine rings is 1. The number of amides is 2. The van der Waals surface area contributed by atoms with Crippen molar-refractivity contribution < 1.29 is 19.4 Å². The van der Waals surface area contributed by atoms with Crippen LogP contribution in [0.3, 0.4) is 0 Å². The van der Waals surface area contributed by atoms with Crippen LogP contribution in [0, 0.1) is 0 Å². The van der Waals surface area contributed by atoms with Crippen molar-refractivity contribution in [2.75, 3.05) is 24.6 Å². The minimum atomic E-state index is -0.306. The number of carbonyl (C=O) groups is 2. The van der Waals surface area contributed by atoms with Crippen molar-refractivity contribution in [3.05, 3.63) is 59.7 Å². The number of nitrogens with one attached hydrogen (secondary N) is 1. The highest BCUT2D eigenvalue weighted by molar-refractivity contribution is 5.98. The number of anilines is 1. The summed E-state index contributed by atoms with van der Waals surface area (Å²) in [5.74, 6) is 0.636.